The first-order valence-electron chi connectivity index (χ1n) is 3.31. The number of sulfonamides is 1. The third-order valence-corrected chi connectivity index (χ3v) is 3.39. The zero-order chi connectivity index (χ0) is 10.2. The molecule has 2 N–H and O–H groups in total. The van der Waals surface area contributed by atoms with Crippen LogP contribution in [-0.2, 0) is 10.0 Å². The first kappa shape index (κ1) is 10.6. The van der Waals surface area contributed by atoms with E-state index in [0.29, 0.717) is 0 Å². The van der Waals surface area contributed by atoms with E-state index >= 15 is 0 Å². The van der Waals surface area contributed by atoms with E-state index < -0.39 is 15.8 Å². The van der Waals surface area contributed by atoms with Crippen molar-refractivity contribution in [3.05, 3.63) is 28.0 Å². The monoisotopic (exact) mass is 267 g/mol. The molecule has 0 aliphatic heterocycles. The minimum Gasteiger partial charge on any atom is -0.225 e. The molecule has 72 valence electrons. The highest BCUT2D eigenvalue weighted by molar-refractivity contribution is 9.10. The lowest BCUT2D eigenvalue weighted by molar-refractivity contribution is 0.594. The van der Waals surface area contributed by atoms with E-state index in [0.717, 1.165) is 6.07 Å². The van der Waals surface area contributed by atoms with Crippen LogP contribution in [0.2, 0.25) is 0 Å². The van der Waals surface area contributed by atoms with E-state index in [1.807, 2.05) is 0 Å². The Morgan fingerprint density at radius 2 is 2.00 bits per heavy atom. The molecule has 0 heterocycles. The largest absolute Gasteiger partial charge is 0.239 e. The summed E-state index contributed by atoms with van der Waals surface area (Å²) >= 11 is 2.92. The number of aryl methyl sites for hydroxylation is 1. The van der Waals surface area contributed by atoms with Crippen molar-refractivity contribution in [1.82, 2.24) is 0 Å². The molecule has 6 heteroatoms. The van der Waals surface area contributed by atoms with Gasteiger partial charge in [-0.25, -0.2) is 17.9 Å². The maximum atomic E-state index is 12.9. The SMILES string of the molecule is Cc1cc(S(N)(=O)=O)c(Br)cc1F. The number of halogens is 2. The maximum Gasteiger partial charge on any atom is 0.239 e. The summed E-state index contributed by atoms with van der Waals surface area (Å²) in [6.45, 7) is 1.47. The molecular formula is C7H7BrFNO2S. The van der Waals surface area contributed by atoms with Crippen LogP contribution in [0.3, 0.4) is 0 Å². The van der Waals surface area contributed by atoms with Crippen LogP contribution >= 0.6 is 15.9 Å². The summed E-state index contributed by atoms with van der Waals surface area (Å²) in [4.78, 5) is -0.105. The van der Waals surface area contributed by atoms with Crippen LogP contribution in [0.1, 0.15) is 5.56 Å². The van der Waals surface area contributed by atoms with Gasteiger partial charge >= 0.3 is 0 Å². The number of rotatable bonds is 1. The highest BCUT2D eigenvalue weighted by Gasteiger charge is 2.14. The molecule has 0 radical (unpaired) electrons. The van der Waals surface area contributed by atoms with Gasteiger partial charge in [0.1, 0.15) is 5.82 Å². The molecular weight excluding hydrogens is 261 g/mol. The molecule has 0 spiro atoms. The Labute approximate surface area is 83.9 Å². The molecule has 0 saturated carbocycles. The molecule has 13 heavy (non-hydrogen) atoms. The summed E-state index contributed by atoms with van der Waals surface area (Å²) in [6.07, 6.45) is 0. The summed E-state index contributed by atoms with van der Waals surface area (Å²) in [5.74, 6) is -0.473. The normalized spacial score (nSPS) is 11.7. The molecule has 1 aromatic rings. The van der Waals surface area contributed by atoms with Crippen molar-refractivity contribution >= 4 is 26.0 Å². The molecule has 0 aliphatic carbocycles. The highest BCUT2D eigenvalue weighted by atomic mass is 79.9. The Hall–Kier alpha value is -0.460. The van der Waals surface area contributed by atoms with Gasteiger partial charge in [-0.05, 0) is 40.5 Å². The molecule has 0 amide bonds. The van der Waals surface area contributed by atoms with Crippen LogP contribution in [-0.4, -0.2) is 8.42 Å². The Morgan fingerprint density at radius 3 is 2.46 bits per heavy atom. The Bertz CT molecular complexity index is 444. The van der Waals surface area contributed by atoms with Crippen molar-refractivity contribution in [2.75, 3.05) is 0 Å². The first-order chi connectivity index (χ1) is 5.82. The molecule has 1 rings (SSSR count). The predicted molar refractivity (Wildman–Crippen MR) is 50.2 cm³/mol. The second-order valence-corrected chi connectivity index (χ2v) is 4.96. The Kier molecular flexibility index (Phi) is 2.74. The molecule has 0 aromatic heterocycles. The molecule has 0 bridgehead atoms. The summed E-state index contributed by atoms with van der Waals surface area (Å²) in [5, 5.41) is 4.90. The van der Waals surface area contributed by atoms with Crippen molar-refractivity contribution in [3.63, 3.8) is 0 Å². The van der Waals surface area contributed by atoms with Crippen LogP contribution in [0, 0.1) is 12.7 Å². The van der Waals surface area contributed by atoms with Gasteiger partial charge in [-0.1, -0.05) is 0 Å². The average Bonchev–Trinajstić information content (AvgIpc) is 1.94. The van der Waals surface area contributed by atoms with Crippen molar-refractivity contribution in [1.29, 1.82) is 0 Å². The fraction of sp³-hybridized carbons (Fsp3) is 0.143. The van der Waals surface area contributed by atoms with Gasteiger partial charge in [0.05, 0.1) is 4.90 Å². The minimum atomic E-state index is -3.79. The molecule has 0 aliphatic rings. The highest BCUT2D eigenvalue weighted by Crippen LogP contribution is 2.23. The molecule has 1 aromatic carbocycles. The Morgan fingerprint density at radius 1 is 1.46 bits per heavy atom. The van der Waals surface area contributed by atoms with E-state index in [1.54, 1.807) is 0 Å². The van der Waals surface area contributed by atoms with Crippen molar-refractivity contribution in [2.24, 2.45) is 5.14 Å². The fourth-order valence-electron chi connectivity index (χ4n) is 0.849. The van der Waals surface area contributed by atoms with E-state index in [1.165, 1.54) is 13.0 Å². The number of nitrogens with two attached hydrogens (primary N) is 1. The van der Waals surface area contributed by atoms with Gasteiger partial charge in [0, 0.05) is 4.47 Å². The minimum absolute atomic E-state index is 0.105. The maximum absolute atomic E-state index is 12.9. The number of hydrogen-bond acceptors (Lipinski definition) is 2. The lowest BCUT2D eigenvalue weighted by Gasteiger charge is -2.03. The molecule has 3 nitrogen and oxygen atoms in total. The predicted octanol–water partition coefficient (Wildman–Crippen LogP) is 1.54. The number of hydrogen-bond donors (Lipinski definition) is 1. The van der Waals surface area contributed by atoms with Crippen molar-refractivity contribution in [3.8, 4) is 0 Å². The zero-order valence-electron chi connectivity index (χ0n) is 6.71. The second-order valence-electron chi connectivity index (χ2n) is 2.58. The van der Waals surface area contributed by atoms with Crippen molar-refractivity contribution < 1.29 is 12.8 Å². The smallest absolute Gasteiger partial charge is 0.225 e. The van der Waals surface area contributed by atoms with Crippen LogP contribution in [0.15, 0.2) is 21.5 Å². The summed E-state index contributed by atoms with van der Waals surface area (Å²) in [5.41, 5.74) is 0.243. The first-order valence-corrected chi connectivity index (χ1v) is 5.65. The third kappa shape index (κ3) is 2.26. The van der Waals surface area contributed by atoms with E-state index in [2.05, 4.69) is 15.9 Å². The van der Waals surface area contributed by atoms with Crippen LogP contribution in [0.5, 0.6) is 0 Å². The lowest BCUT2D eigenvalue weighted by atomic mass is 10.2. The second kappa shape index (κ2) is 3.36. The quantitative estimate of drug-likeness (QED) is 0.839. The topological polar surface area (TPSA) is 60.2 Å². The third-order valence-electron chi connectivity index (χ3n) is 1.52. The van der Waals surface area contributed by atoms with Crippen LogP contribution in [0.25, 0.3) is 0 Å². The number of primary sulfonamides is 1. The molecule has 0 saturated heterocycles. The van der Waals surface area contributed by atoms with Gasteiger partial charge in [-0.15, -0.1) is 0 Å². The van der Waals surface area contributed by atoms with Crippen LogP contribution < -0.4 is 5.14 Å². The average molecular weight is 268 g/mol. The van der Waals surface area contributed by atoms with Gasteiger partial charge in [0.25, 0.3) is 0 Å². The van der Waals surface area contributed by atoms with Gasteiger partial charge in [-0.3, -0.25) is 0 Å². The van der Waals surface area contributed by atoms with Gasteiger partial charge < -0.3 is 0 Å². The van der Waals surface area contributed by atoms with E-state index in [9.17, 15) is 12.8 Å². The standard InChI is InChI=1S/C7H7BrFNO2S/c1-4-2-7(13(10,11)12)5(8)3-6(4)9/h2-3H,1H3,(H2,10,11,12). The molecule has 0 unspecified atom stereocenters. The van der Waals surface area contributed by atoms with Crippen LogP contribution in [0.4, 0.5) is 4.39 Å². The van der Waals surface area contributed by atoms with E-state index in [-0.39, 0.29) is 14.9 Å². The molecule has 0 fully saturated rings. The van der Waals surface area contributed by atoms with Crippen molar-refractivity contribution in [2.45, 2.75) is 11.8 Å². The lowest BCUT2D eigenvalue weighted by Crippen LogP contribution is -2.13. The van der Waals surface area contributed by atoms with Gasteiger partial charge in [-0.2, -0.15) is 0 Å². The summed E-state index contributed by atoms with van der Waals surface area (Å²) in [7, 11) is -3.79. The zero-order valence-corrected chi connectivity index (χ0v) is 9.12. The Balaban J connectivity index is 3.50. The summed E-state index contributed by atoms with van der Waals surface area (Å²) < 4.78 is 34.9. The van der Waals surface area contributed by atoms with Gasteiger partial charge in [0.15, 0.2) is 0 Å². The molecule has 0 atom stereocenters. The number of benzene rings is 1. The fourth-order valence-corrected chi connectivity index (χ4v) is 2.51. The van der Waals surface area contributed by atoms with E-state index in [4.69, 9.17) is 5.14 Å². The van der Waals surface area contributed by atoms with Gasteiger partial charge in [0.2, 0.25) is 10.0 Å². The summed E-state index contributed by atoms with van der Waals surface area (Å²) in [6, 6.07) is 2.27.